The first-order valence-electron chi connectivity index (χ1n) is 9.40. The van der Waals surface area contributed by atoms with E-state index in [1.807, 2.05) is 97.9 Å². The molecule has 4 nitrogen and oxygen atoms in total. The Morgan fingerprint density at radius 2 is 1.69 bits per heavy atom. The van der Waals surface area contributed by atoms with Gasteiger partial charge >= 0.3 is 0 Å². The van der Waals surface area contributed by atoms with Gasteiger partial charge in [-0.05, 0) is 48.4 Å². The Labute approximate surface area is 169 Å². The summed E-state index contributed by atoms with van der Waals surface area (Å²) in [6, 6.07) is 24.9. The molecule has 4 rings (SSSR count). The highest BCUT2D eigenvalue weighted by molar-refractivity contribution is 6.08. The van der Waals surface area contributed by atoms with Gasteiger partial charge in [-0.2, -0.15) is 0 Å². The third-order valence-corrected chi connectivity index (χ3v) is 4.69. The number of benzene rings is 3. The molecule has 0 aliphatic rings. The molecule has 4 heteroatoms. The molecule has 0 saturated carbocycles. The second-order valence-corrected chi connectivity index (χ2v) is 6.87. The highest BCUT2D eigenvalue weighted by Crippen LogP contribution is 2.25. The van der Waals surface area contributed by atoms with E-state index in [9.17, 15) is 4.79 Å². The zero-order valence-electron chi connectivity index (χ0n) is 16.1. The van der Waals surface area contributed by atoms with Gasteiger partial charge in [0.1, 0.15) is 0 Å². The van der Waals surface area contributed by atoms with E-state index in [1.54, 1.807) is 0 Å². The average molecular weight is 379 g/mol. The molecule has 0 unspecified atom stereocenters. The topological polar surface area (TPSA) is 68.0 Å². The standard InChI is InChI=1S/C25H21N3O/c1-17-15-23(26)22-16-20(13-14-24(22)27-17)28-25(29)21-10-6-5-9-19(21)12-11-18-7-3-2-4-8-18/h2-16H,1H3,(H2,26,27)(H,28,29). The largest absolute Gasteiger partial charge is 0.398 e. The lowest BCUT2D eigenvalue weighted by atomic mass is 10.0. The molecule has 0 spiro atoms. The molecule has 3 N–H and O–H groups in total. The van der Waals surface area contributed by atoms with E-state index in [0.29, 0.717) is 16.9 Å². The van der Waals surface area contributed by atoms with E-state index in [4.69, 9.17) is 5.73 Å². The van der Waals surface area contributed by atoms with E-state index < -0.39 is 0 Å². The number of aromatic nitrogens is 1. The smallest absolute Gasteiger partial charge is 0.256 e. The van der Waals surface area contributed by atoms with Crippen LogP contribution in [0.1, 0.15) is 27.2 Å². The van der Waals surface area contributed by atoms with E-state index in [0.717, 1.165) is 27.7 Å². The molecule has 0 aliphatic heterocycles. The number of hydrogen-bond acceptors (Lipinski definition) is 3. The highest BCUT2D eigenvalue weighted by atomic mass is 16.1. The molecule has 1 heterocycles. The second kappa shape index (κ2) is 7.98. The maximum Gasteiger partial charge on any atom is 0.256 e. The summed E-state index contributed by atoms with van der Waals surface area (Å²) in [7, 11) is 0. The molecule has 0 fully saturated rings. The Morgan fingerprint density at radius 1 is 0.931 bits per heavy atom. The number of amides is 1. The number of carbonyl (C=O) groups is 1. The van der Waals surface area contributed by atoms with Gasteiger partial charge in [0.25, 0.3) is 5.91 Å². The molecule has 4 aromatic rings. The van der Waals surface area contributed by atoms with Crippen LogP contribution in [0.5, 0.6) is 0 Å². The molecular formula is C25H21N3O. The minimum Gasteiger partial charge on any atom is -0.398 e. The van der Waals surface area contributed by atoms with Crippen molar-refractivity contribution in [2.24, 2.45) is 0 Å². The monoisotopic (exact) mass is 379 g/mol. The number of fused-ring (bicyclic) bond motifs is 1. The maximum absolute atomic E-state index is 12.9. The number of aryl methyl sites for hydroxylation is 1. The molecule has 0 saturated heterocycles. The summed E-state index contributed by atoms with van der Waals surface area (Å²) in [5.74, 6) is -0.170. The summed E-state index contributed by atoms with van der Waals surface area (Å²) in [6.07, 6.45) is 3.95. The van der Waals surface area contributed by atoms with Crippen molar-refractivity contribution in [3.63, 3.8) is 0 Å². The van der Waals surface area contributed by atoms with Crippen LogP contribution in [0.25, 0.3) is 23.1 Å². The number of nitrogens with two attached hydrogens (primary N) is 1. The summed E-state index contributed by atoms with van der Waals surface area (Å²) in [6.45, 7) is 1.91. The molecule has 29 heavy (non-hydrogen) atoms. The van der Waals surface area contributed by atoms with Crippen LogP contribution in [-0.4, -0.2) is 10.9 Å². The van der Waals surface area contributed by atoms with Gasteiger partial charge in [0.05, 0.1) is 5.52 Å². The van der Waals surface area contributed by atoms with Crippen molar-refractivity contribution < 1.29 is 4.79 Å². The lowest BCUT2D eigenvalue weighted by Gasteiger charge is -2.10. The fourth-order valence-electron chi connectivity index (χ4n) is 3.27. The molecule has 3 aromatic carbocycles. The van der Waals surface area contributed by atoms with Crippen molar-refractivity contribution >= 4 is 40.3 Å². The number of pyridine rings is 1. The number of nitrogens with zero attached hydrogens (tertiary/aromatic N) is 1. The van der Waals surface area contributed by atoms with Crippen LogP contribution < -0.4 is 11.1 Å². The van der Waals surface area contributed by atoms with Crippen molar-refractivity contribution in [3.05, 3.63) is 101 Å². The minimum atomic E-state index is -0.170. The van der Waals surface area contributed by atoms with Gasteiger partial charge in [-0.15, -0.1) is 0 Å². The third-order valence-electron chi connectivity index (χ3n) is 4.69. The van der Waals surface area contributed by atoms with E-state index >= 15 is 0 Å². The molecule has 0 atom stereocenters. The van der Waals surface area contributed by atoms with Crippen molar-refractivity contribution in [1.29, 1.82) is 0 Å². The predicted molar refractivity (Wildman–Crippen MR) is 121 cm³/mol. The zero-order chi connectivity index (χ0) is 20.2. The van der Waals surface area contributed by atoms with Gasteiger partial charge in [-0.1, -0.05) is 60.7 Å². The van der Waals surface area contributed by atoms with Crippen LogP contribution in [-0.2, 0) is 0 Å². The first kappa shape index (κ1) is 18.4. The van der Waals surface area contributed by atoms with Gasteiger partial charge < -0.3 is 11.1 Å². The predicted octanol–water partition coefficient (Wildman–Crippen LogP) is 5.55. The zero-order valence-corrected chi connectivity index (χ0v) is 16.1. The van der Waals surface area contributed by atoms with Gasteiger partial charge in [0.2, 0.25) is 0 Å². The van der Waals surface area contributed by atoms with Gasteiger partial charge in [0.15, 0.2) is 0 Å². The second-order valence-electron chi connectivity index (χ2n) is 6.87. The van der Waals surface area contributed by atoms with Crippen molar-refractivity contribution in [3.8, 4) is 0 Å². The number of hydrogen-bond donors (Lipinski definition) is 2. The highest BCUT2D eigenvalue weighted by Gasteiger charge is 2.11. The Morgan fingerprint density at radius 3 is 2.52 bits per heavy atom. The molecule has 1 aromatic heterocycles. The summed E-state index contributed by atoms with van der Waals surface area (Å²) >= 11 is 0. The first-order valence-corrected chi connectivity index (χ1v) is 9.40. The number of nitrogen functional groups attached to an aromatic ring is 1. The maximum atomic E-state index is 12.9. The van der Waals surface area contributed by atoms with Crippen molar-refractivity contribution in [1.82, 2.24) is 4.98 Å². The van der Waals surface area contributed by atoms with E-state index in [1.165, 1.54) is 0 Å². The fraction of sp³-hybridized carbons (Fsp3) is 0.0400. The molecule has 0 bridgehead atoms. The molecule has 142 valence electrons. The third kappa shape index (κ3) is 4.17. The Bertz CT molecular complexity index is 1210. The average Bonchev–Trinajstić information content (AvgIpc) is 2.73. The summed E-state index contributed by atoms with van der Waals surface area (Å²) in [5.41, 5.74) is 11.7. The van der Waals surface area contributed by atoms with Gasteiger partial charge in [-0.25, -0.2) is 0 Å². The van der Waals surface area contributed by atoms with Crippen LogP contribution in [0.2, 0.25) is 0 Å². The summed E-state index contributed by atoms with van der Waals surface area (Å²) in [4.78, 5) is 17.4. The van der Waals surface area contributed by atoms with Crippen molar-refractivity contribution in [2.75, 3.05) is 11.1 Å². The SMILES string of the molecule is Cc1cc(N)c2cc(NC(=O)c3ccccc3C=Cc3ccccc3)ccc2n1. The summed E-state index contributed by atoms with van der Waals surface area (Å²) < 4.78 is 0. The van der Waals surface area contributed by atoms with Crippen LogP contribution >= 0.6 is 0 Å². The molecule has 1 amide bonds. The Kier molecular flexibility index (Phi) is 5.08. The number of anilines is 2. The Hall–Kier alpha value is -3.92. The van der Waals surface area contributed by atoms with Crippen LogP contribution in [0.4, 0.5) is 11.4 Å². The quantitative estimate of drug-likeness (QED) is 0.457. The fourth-order valence-corrected chi connectivity index (χ4v) is 3.27. The van der Waals surface area contributed by atoms with Crippen LogP contribution in [0.15, 0.2) is 78.9 Å². The normalized spacial score (nSPS) is 11.1. The van der Waals surface area contributed by atoms with Crippen LogP contribution in [0, 0.1) is 6.92 Å². The molecule has 0 radical (unpaired) electrons. The van der Waals surface area contributed by atoms with Gasteiger partial charge in [-0.3, -0.25) is 9.78 Å². The summed E-state index contributed by atoms with van der Waals surface area (Å²) in [5, 5.41) is 3.80. The lowest BCUT2D eigenvalue weighted by Crippen LogP contribution is -2.13. The van der Waals surface area contributed by atoms with Crippen molar-refractivity contribution in [2.45, 2.75) is 6.92 Å². The Balaban J connectivity index is 1.61. The lowest BCUT2D eigenvalue weighted by molar-refractivity contribution is 0.102. The number of nitrogens with one attached hydrogen (secondary N) is 1. The first-order chi connectivity index (χ1) is 14.1. The van der Waals surface area contributed by atoms with Crippen LogP contribution in [0.3, 0.4) is 0 Å². The number of carbonyl (C=O) groups excluding carboxylic acids is 1. The minimum absolute atomic E-state index is 0.170. The van der Waals surface area contributed by atoms with E-state index in [-0.39, 0.29) is 5.91 Å². The molecule has 0 aliphatic carbocycles. The molecular weight excluding hydrogens is 358 g/mol. The van der Waals surface area contributed by atoms with E-state index in [2.05, 4.69) is 10.3 Å². The van der Waals surface area contributed by atoms with Gasteiger partial charge in [0, 0.05) is 28.0 Å². The number of rotatable bonds is 4.